The zero-order chi connectivity index (χ0) is 16.1. The fraction of sp³-hybridized carbons (Fsp3) is 0.263. The van der Waals surface area contributed by atoms with E-state index in [-0.39, 0.29) is 6.04 Å². The summed E-state index contributed by atoms with van der Waals surface area (Å²) in [6, 6.07) is 18.7. The molecule has 2 aromatic carbocycles. The lowest BCUT2D eigenvalue weighted by atomic mass is 10.1. The van der Waals surface area contributed by atoms with Gasteiger partial charge in [-0.3, -0.25) is 0 Å². The summed E-state index contributed by atoms with van der Waals surface area (Å²) in [5.41, 5.74) is 3.69. The lowest BCUT2D eigenvalue weighted by Gasteiger charge is -2.09. The molecule has 0 radical (unpaired) electrons. The smallest absolute Gasteiger partial charge is 0.243 e. The van der Waals surface area contributed by atoms with Crippen molar-refractivity contribution in [1.82, 2.24) is 15.5 Å². The largest absolute Gasteiger partial charge is 0.338 e. The lowest BCUT2D eigenvalue weighted by molar-refractivity contribution is 0.336. The number of nitrogens with one attached hydrogen (secondary N) is 1. The Hall–Kier alpha value is -2.46. The molecule has 1 heterocycles. The Kier molecular flexibility index (Phi) is 4.83. The third kappa shape index (κ3) is 4.27. The molecule has 4 heteroatoms. The van der Waals surface area contributed by atoms with Crippen molar-refractivity contribution in [2.24, 2.45) is 0 Å². The number of nitrogens with zero attached hydrogens (tertiary/aromatic N) is 2. The van der Waals surface area contributed by atoms with Gasteiger partial charge in [-0.05, 0) is 25.0 Å². The van der Waals surface area contributed by atoms with Crippen LogP contribution in [0, 0.1) is 6.92 Å². The molecule has 0 aliphatic heterocycles. The first kappa shape index (κ1) is 15.4. The predicted octanol–water partition coefficient (Wildman–Crippen LogP) is 3.82. The standard InChI is InChI=1S/C19H21N3O/c1-14-8-10-17(11-9-14)13-20-15(2)19-21-18(22-23-19)12-16-6-4-3-5-7-16/h3-11,15,20H,12-13H2,1-2H3. The van der Waals surface area contributed by atoms with Gasteiger partial charge in [0.15, 0.2) is 5.82 Å². The summed E-state index contributed by atoms with van der Waals surface area (Å²) in [6.45, 7) is 4.90. The highest BCUT2D eigenvalue weighted by molar-refractivity contribution is 5.21. The summed E-state index contributed by atoms with van der Waals surface area (Å²) in [5.74, 6) is 1.35. The van der Waals surface area contributed by atoms with E-state index in [0.29, 0.717) is 12.3 Å². The van der Waals surface area contributed by atoms with Gasteiger partial charge in [0.2, 0.25) is 5.89 Å². The summed E-state index contributed by atoms with van der Waals surface area (Å²) >= 11 is 0. The van der Waals surface area contributed by atoms with Crippen LogP contribution in [0.1, 0.15) is 41.4 Å². The summed E-state index contributed by atoms with van der Waals surface area (Å²) in [6.07, 6.45) is 0.690. The van der Waals surface area contributed by atoms with Crippen molar-refractivity contribution in [3.05, 3.63) is 83.0 Å². The Balaban J connectivity index is 1.57. The number of hydrogen-bond acceptors (Lipinski definition) is 4. The molecule has 1 unspecified atom stereocenters. The van der Waals surface area contributed by atoms with E-state index >= 15 is 0 Å². The van der Waals surface area contributed by atoms with Crippen LogP contribution in [0.3, 0.4) is 0 Å². The van der Waals surface area contributed by atoms with Crippen molar-refractivity contribution in [2.45, 2.75) is 32.9 Å². The maximum atomic E-state index is 5.38. The van der Waals surface area contributed by atoms with Gasteiger partial charge in [0.05, 0.1) is 6.04 Å². The molecular weight excluding hydrogens is 286 g/mol. The van der Waals surface area contributed by atoms with Crippen LogP contribution < -0.4 is 5.32 Å². The third-order valence-electron chi connectivity index (χ3n) is 3.79. The van der Waals surface area contributed by atoms with Gasteiger partial charge in [0.25, 0.3) is 0 Å². The van der Waals surface area contributed by atoms with Crippen molar-refractivity contribution in [3.8, 4) is 0 Å². The molecule has 3 aromatic rings. The lowest BCUT2D eigenvalue weighted by Crippen LogP contribution is -2.18. The molecule has 0 fully saturated rings. The van der Waals surface area contributed by atoms with Crippen LogP contribution in [0.25, 0.3) is 0 Å². The molecule has 0 bridgehead atoms. The second kappa shape index (κ2) is 7.20. The fourth-order valence-electron chi connectivity index (χ4n) is 2.36. The normalized spacial score (nSPS) is 12.3. The Labute approximate surface area is 136 Å². The zero-order valence-corrected chi connectivity index (χ0v) is 13.5. The van der Waals surface area contributed by atoms with Crippen molar-refractivity contribution >= 4 is 0 Å². The van der Waals surface area contributed by atoms with Crippen LogP contribution in [0.2, 0.25) is 0 Å². The Morgan fingerprint density at radius 1 is 1.00 bits per heavy atom. The fourth-order valence-corrected chi connectivity index (χ4v) is 2.36. The molecule has 0 amide bonds. The topological polar surface area (TPSA) is 51.0 Å². The van der Waals surface area contributed by atoms with E-state index in [2.05, 4.69) is 58.8 Å². The molecule has 1 aromatic heterocycles. The monoisotopic (exact) mass is 307 g/mol. The van der Waals surface area contributed by atoms with Gasteiger partial charge < -0.3 is 9.84 Å². The number of hydrogen-bond donors (Lipinski definition) is 1. The maximum Gasteiger partial charge on any atom is 0.243 e. The van der Waals surface area contributed by atoms with Crippen molar-refractivity contribution in [1.29, 1.82) is 0 Å². The number of aromatic nitrogens is 2. The summed E-state index contributed by atoms with van der Waals surface area (Å²) < 4.78 is 5.38. The average Bonchev–Trinajstić information content (AvgIpc) is 3.03. The molecule has 0 spiro atoms. The van der Waals surface area contributed by atoms with Crippen molar-refractivity contribution in [2.75, 3.05) is 0 Å². The van der Waals surface area contributed by atoms with E-state index < -0.39 is 0 Å². The highest BCUT2D eigenvalue weighted by Crippen LogP contribution is 2.13. The van der Waals surface area contributed by atoms with Gasteiger partial charge in [-0.15, -0.1) is 0 Å². The van der Waals surface area contributed by atoms with Crippen LogP contribution in [0.5, 0.6) is 0 Å². The van der Waals surface area contributed by atoms with E-state index in [1.165, 1.54) is 16.7 Å². The van der Waals surface area contributed by atoms with Crippen LogP contribution in [-0.4, -0.2) is 10.1 Å². The molecule has 3 rings (SSSR count). The van der Waals surface area contributed by atoms with Crippen LogP contribution in [0.15, 0.2) is 59.1 Å². The molecular formula is C19H21N3O. The second-order valence-electron chi connectivity index (χ2n) is 5.80. The Bertz CT molecular complexity index is 735. The first-order valence-electron chi connectivity index (χ1n) is 7.86. The third-order valence-corrected chi connectivity index (χ3v) is 3.79. The Morgan fingerprint density at radius 2 is 1.74 bits per heavy atom. The molecule has 1 N–H and O–H groups in total. The number of rotatable bonds is 6. The van der Waals surface area contributed by atoms with E-state index in [1.807, 2.05) is 25.1 Å². The summed E-state index contributed by atoms with van der Waals surface area (Å²) in [7, 11) is 0. The minimum atomic E-state index is 0.0216. The van der Waals surface area contributed by atoms with E-state index in [0.717, 1.165) is 12.4 Å². The van der Waals surface area contributed by atoms with Gasteiger partial charge in [0.1, 0.15) is 0 Å². The highest BCUT2D eigenvalue weighted by Gasteiger charge is 2.14. The van der Waals surface area contributed by atoms with Crippen molar-refractivity contribution < 1.29 is 4.52 Å². The average molecular weight is 307 g/mol. The Morgan fingerprint density at radius 3 is 2.48 bits per heavy atom. The first-order valence-corrected chi connectivity index (χ1v) is 7.86. The molecule has 0 aliphatic carbocycles. The number of benzene rings is 2. The molecule has 0 saturated carbocycles. The molecule has 4 nitrogen and oxygen atoms in total. The van der Waals surface area contributed by atoms with Crippen LogP contribution >= 0.6 is 0 Å². The van der Waals surface area contributed by atoms with Crippen molar-refractivity contribution in [3.63, 3.8) is 0 Å². The van der Waals surface area contributed by atoms with E-state index in [1.54, 1.807) is 0 Å². The molecule has 0 aliphatic rings. The van der Waals surface area contributed by atoms with Gasteiger partial charge in [0, 0.05) is 13.0 Å². The zero-order valence-electron chi connectivity index (χ0n) is 13.5. The van der Waals surface area contributed by atoms with Gasteiger partial charge in [-0.1, -0.05) is 65.3 Å². The first-order chi connectivity index (χ1) is 11.2. The van der Waals surface area contributed by atoms with E-state index in [9.17, 15) is 0 Å². The van der Waals surface area contributed by atoms with Crippen LogP contribution in [-0.2, 0) is 13.0 Å². The van der Waals surface area contributed by atoms with Gasteiger partial charge in [-0.25, -0.2) is 0 Å². The minimum absolute atomic E-state index is 0.0216. The molecule has 0 saturated heterocycles. The minimum Gasteiger partial charge on any atom is -0.338 e. The predicted molar refractivity (Wildman–Crippen MR) is 90.0 cm³/mol. The number of aryl methyl sites for hydroxylation is 1. The second-order valence-corrected chi connectivity index (χ2v) is 5.80. The molecule has 23 heavy (non-hydrogen) atoms. The maximum absolute atomic E-state index is 5.38. The quantitative estimate of drug-likeness (QED) is 0.752. The van der Waals surface area contributed by atoms with E-state index in [4.69, 9.17) is 4.52 Å². The molecule has 1 atom stereocenters. The van der Waals surface area contributed by atoms with Crippen LogP contribution in [0.4, 0.5) is 0 Å². The van der Waals surface area contributed by atoms with Gasteiger partial charge in [-0.2, -0.15) is 4.98 Å². The highest BCUT2D eigenvalue weighted by atomic mass is 16.5. The SMILES string of the molecule is Cc1ccc(CNC(C)c2nc(Cc3ccccc3)no2)cc1. The summed E-state index contributed by atoms with van der Waals surface area (Å²) in [4.78, 5) is 4.49. The summed E-state index contributed by atoms with van der Waals surface area (Å²) in [5, 5.41) is 7.49. The van der Waals surface area contributed by atoms with Gasteiger partial charge >= 0.3 is 0 Å². The molecule has 118 valence electrons.